The molecule has 0 saturated heterocycles. The van der Waals surface area contributed by atoms with Crippen molar-refractivity contribution in [3.63, 3.8) is 0 Å². The Hall–Kier alpha value is -1.52. The molecule has 2 rings (SSSR count). The normalized spacial score (nSPS) is 12.2. The summed E-state index contributed by atoms with van der Waals surface area (Å²) in [6, 6.07) is 7.82. The Balaban J connectivity index is 2.29. The van der Waals surface area contributed by atoms with Crippen LogP contribution in [0.25, 0.3) is 0 Å². The van der Waals surface area contributed by atoms with E-state index in [1.165, 1.54) is 0 Å². The summed E-state index contributed by atoms with van der Waals surface area (Å²) in [5.74, 6) is 1.53. The van der Waals surface area contributed by atoms with Gasteiger partial charge in [0.25, 0.3) is 0 Å². The second-order valence-electron chi connectivity index (χ2n) is 4.11. The van der Waals surface area contributed by atoms with Crippen LogP contribution in [0.3, 0.4) is 0 Å². The number of hydrogen-bond acceptors (Lipinski definition) is 4. The maximum absolute atomic E-state index is 6.26. The predicted octanol–water partition coefficient (Wildman–Crippen LogP) is 3.59. The minimum absolute atomic E-state index is 0.124. The van der Waals surface area contributed by atoms with Crippen molar-refractivity contribution in [2.75, 3.05) is 13.2 Å². The second kappa shape index (κ2) is 6.59. The lowest BCUT2D eigenvalue weighted by Crippen LogP contribution is -2.11. The van der Waals surface area contributed by atoms with E-state index in [1.54, 1.807) is 11.3 Å². The highest BCUT2D eigenvalue weighted by molar-refractivity contribution is 7.08. The van der Waals surface area contributed by atoms with E-state index in [9.17, 15) is 0 Å². The van der Waals surface area contributed by atoms with Gasteiger partial charge in [-0.2, -0.15) is 11.3 Å². The Morgan fingerprint density at radius 3 is 2.42 bits per heavy atom. The van der Waals surface area contributed by atoms with Gasteiger partial charge in [-0.3, -0.25) is 0 Å². The molecule has 0 saturated carbocycles. The van der Waals surface area contributed by atoms with E-state index in [4.69, 9.17) is 15.2 Å². The van der Waals surface area contributed by atoms with Crippen LogP contribution in [0.1, 0.15) is 31.0 Å². The van der Waals surface area contributed by atoms with Crippen molar-refractivity contribution >= 4 is 11.3 Å². The van der Waals surface area contributed by atoms with Crippen molar-refractivity contribution in [2.24, 2.45) is 5.73 Å². The molecule has 0 radical (unpaired) electrons. The topological polar surface area (TPSA) is 44.5 Å². The number of nitrogens with two attached hydrogens (primary N) is 1. The zero-order valence-corrected chi connectivity index (χ0v) is 12.1. The van der Waals surface area contributed by atoms with Crippen molar-refractivity contribution < 1.29 is 9.47 Å². The zero-order valence-electron chi connectivity index (χ0n) is 11.3. The molecule has 1 unspecified atom stereocenters. The molecule has 3 nitrogen and oxygen atoms in total. The summed E-state index contributed by atoms with van der Waals surface area (Å²) in [5, 5.41) is 4.11. The molecule has 0 bridgehead atoms. The first-order valence-corrected chi connectivity index (χ1v) is 7.37. The molecule has 0 aliphatic rings. The van der Waals surface area contributed by atoms with Gasteiger partial charge >= 0.3 is 0 Å². The SMILES string of the molecule is CCOc1ccc(C(N)c2ccsc2)cc1OCC. The van der Waals surface area contributed by atoms with Crippen LogP contribution < -0.4 is 15.2 Å². The molecular formula is C15H19NO2S. The van der Waals surface area contributed by atoms with Crippen molar-refractivity contribution in [3.8, 4) is 11.5 Å². The van der Waals surface area contributed by atoms with E-state index < -0.39 is 0 Å². The first-order valence-electron chi connectivity index (χ1n) is 6.43. The highest BCUT2D eigenvalue weighted by atomic mass is 32.1. The fourth-order valence-corrected chi connectivity index (χ4v) is 2.60. The molecule has 1 atom stereocenters. The monoisotopic (exact) mass is 277 g/mol. The molecule has 1 aromatic carbocycles. The van der Waals surface area contributed by atoms with Crippen molar-refractivity contribution in [1.29, 1.82) is 0 Å². The van der Waals surface area contributed by atoms with Gasteiger partial charge in [0.15, 0.2) is 11.5 Å². The molecule has 4 heteroatoms. The summed E-state index contributed by atoms with van der Waals surface area (Å²) in [6.07, 6.45) is 0. The summed E-state index contributed by atoms with van der Waals surface area (Å²) in [7, 11) is 0. The maximum Gasteiger partial charge on any atom is 0.161 e. The third-order valence-electron chi connectivity index (χ3n) is 2.83. The van der Waals surface area contributed by atoms with Crippen LogP contribution in [0, 0.1) is 0 Å². The minimum atomic E-state index is -0.124. The Morgan fingerprint density at radius 2 is 1.79 bits per heavy atom. The van der Waals surface area contributed by atoms with Gasteiger partial charge < -0.3 is 15.2 Å². The molecule has 102 valence electrons. The predicted molar refractivity (Wildman–Crippen MR) is 79.1 cm³/mol. The lowest BCUT2D eigenvalue weighted by Gasteiger charge is -2.15. The first-order chi connectivity index (χ1) is 9.26. The average Bonchev–Trinajstić information content (AvgIpc) is 2.94. The zero-order chi connectivity index (χ0) is 13.7. The molecule has 2 aromatic rings. The number of thiophene rings is 1. The van der Waals surface area contributed by atoms with Gasteiger partial charge in [-0.15, -0.1) is 0 Å². The number of benzene rings is 1. The van der Waals surface area contributed by atoms with Gasteiger partial charge in [0.2, 0.25) is 0 Å². The number of rotatable bonds is 6. The number of ether oxygens (including phenoxy) is 2. The summed E-state index contributed by atoms with van der Waals surface area (Å²) < 4.78 is 11.2. The minimum Gasteiger partial charge on any atom is -0.490 e. The standard InChI is InChI=1S/C15H19NO2S/c1-3-17-13-6-5-11(9-14(13)18-4-2)15(16)12-7-8-19-10-12/h5-10,15H,3-4,16H2,1-2H3. The van der Waals surface area contributed by atoms with Crippen LogP contribution in [-0.2, 0) is 0 Å². The fraction of sp³-hybridized carbons (Fsp3) is 0.333. The van der Waals surface area contributed by atoms with Gasteiger partial charge in [-0.25, -0.2) is 0 Å². The van der Waals surface area contributed by atoms with E-state index in [1.807, 2.05) is 43.5 Å². The summed E-state index contributed by atoms with van der Waals surface area (Å²) in [6.45, 7) is 5.15. The Bertz CT molecular complexity index is 511. The molecular weight excluding hydrogens is 258 g/mol. The van der Waals surface area contributed by atoms with Crippen molar-refractivity contribution in [3.05, 3.63) is 46.2 Å². The largest absolute Gasteiger partial charge is 0.490 e. The van der Waals surface area contributed by atoms with Crippen LogP contribution in [0.15, 0.2) is 35.0 Å². The van der Waals surface area contributed by atoms with Gasteiger partial charge in [0.1, 0.15) is 0 Å². The van der Waals surface area contributed by atoms with Gasteiger partial charge in [-0.1, -0.05) is 6.07 Å². The van der Waals surface area contributed by atoms with Gasteiger partial charge in [0.05, 0.1) is 19.3 Å². The average molecular weight is 277 g/mol. The van der Waals surface area contributed by atoms with Crippen LogP contribution in [0.2, 0.25) is 0 Å². The lowest BCUT2D eigenvalue weighted by atomic mass is 10.0. The highest BCUT2D eigenvalue weighted by Gasteiger charge is 2.13. The lowest BCUT2D eigenvalue weighted by molar-refractivity contribution is 0.287. The van der Waals surface area contributed by atoms with Crippen molar-refractivity contribution in [1.82, 2.24) is 0 Å². The Labute approximate surface area is 118 Å². The van der Waals surface area contributed by atoms with Gasteiger partial charge in [0, 0.05) is 0 Å². The summed E-state index contributed by atoms with van der Waals surface area (Å²) >= 11 is 1.65. The second-order valence-corrected chi connectivity index (χ2v) is 4.89. The molecule has 0 aliphatic heterocycles. The summed E-state index contributed by atoms with van der Waals surface area (Å²) in [5.41, 5.74) is 8.41. The van der Waals surface area contributed by atoms with E-state index in [2.05, 4.69) is 5.38 Å². The maximum atomic E-state index is 6.26. The van der Waals surface area contributed by atoms with E-state index in [-0.39, 0.29) is 6.04 Å². The Kier molecular flexibility index (Phi) is 4.82. The quantitative estimate of drug-likeness (QED) is 0.877. The van der Waals surface area contributed by atoms with Crippen LogP contribution in [0.4, 0.5) is 0 Å². The first kappa shape index (κ1) is 13.9. The van der Waals surface area contributed by atoms with Gasteiger partial charge in [-0.05, 0) is 53.9 Å². The van der Waals surface area contributed by atoms with Crippen LogP contribution >= 0.6 is 11.3 Å². The molecule has 0 aliphatic carbocycles. The number of hydrogen-bond donors (Lipinski definition) is 1. The van der Waals surface area contributed by atoms with E-state index in [0.29, 0.717) is 13.2 Å². The third kappa shape index (κ3) is 3.28. The van der Waals surface area contributed by atoms with Crippen molar-refractivity contribution in [2.45, 2.75) is 19.9 Å². The molecule has 0 amide bonds. The molecule has 1 aromatic heterocycles. The molecule has 2 N–H and O–H groups in total. The van der Waals surface area contributed by atoms with Crippen LogP contribution in [-0.4, -0.2) is 13.2 Å². The Morgan fingerprint density at radius 1 is 1.05 bits per heavy atom. The van der Waals surface area contributed by atoms with Crippen LogP contribution in [0.5, 0.6) is 11.5 Å². The molecule has 0 spiro atoms. The fourth-order valence-electron chi connectivity index (χ4n) is 1.91. The molecule has 19 heavy (non-hydrogen) atoms. The van der Waals surface area contributed by atoms with E-state index in [0.717, 1.165) is 22.6 Å². The third-order valence-corrected chi connectivity index (χ3v) is 3.53. The van der Waals surface area contributed by atoms with E-state index >= 15 is 0 Å². The molecule has 0 fully saturated rings. The summed E-state index contributed by atoms with van der Waals surface area (Å²) in [4.78, 5) is 0. The highest BCUT2D eigenvalue weighted by Crippen LogP contribution is 2.32. The smallest absolute Gasteiger partial charge is 0.161 e. The molecule has 1 heterocycles.